The highest BCUT2D eigenvalue weighted by Gasteiger charge is 1.98. The van der Waals surface area contributed by atoms with Crippen LogP contribution in [0.25, 0.3) is 0 Å². The summed E-state index contributed by atoms with van der Waals surface area (Å²) in [5, 5.41) is 8.32. The van der Waals surface area contributed by atoms with Crippen molar-refractivity contribution in [3.05, 3.63) is 30.1 Å². The molecule has 0 radical (unpaired) electrons. The first-order chi connectivity index (χ1) is 4.30. The third kappa shape index (κ3) is 5.18. The third-order valence-corrected chi connectivity index (χ3v) is 0.884. The fraction of sp³-hybridized carbons (Fsp3) is 0. The summed E-state index contributed by atoms with van der Waals surface area (Å²) in [6, 6.07) is 4.76. The predicted molar refractivity (Wildman–Crippen MR) is 52.9 cm³/mol. The number of halogens is 3. The van der Waals surface area contributed by atoms with Crippen molar-refractivity contribution >= 4 is 43.2 Å². The van der Waals surface area contributed by atoms with Gasteiger partial charge in [0.15, 0.2) is 0 Å². The molecular formula is C6H8Cl3NO2. The van der Waals surface area contributed by atoms with E-state index in [1.165, 1.54) is 12.3 Å². The zero-order valence-electron chi connectivity index (χ0n) is 5.84. The molecule has 70 valence electrons. The van der Waals surface area contributed by atoms with Crippen LogP contribution in [0.5, 0.6) is 0 Å². The lowest BCUT2D eigenvalue weighted by atomic mass is 10.4. The zero-order chi connectivity index (χ0) is 6.69. The van der Waals surface area contributed by atoms with Gasteiger partial charge in [0.05, 0.1) is 0 Å². The summed E-state index contributed by atoms with van der Waals surface area (Å²) in [5.74, 6) is -0.990. The minimum Gasteiger partial charge on any atom is -0.477 e. The lowest BCUT2D eigenvalue weighted by Crippen LogP contribution is -1.97. The Labute approximate surface area is 88.4 Å². The van der Waals surface area contributed by atoms with Crippen molar-refractivity contribution in [3.8, 4) is 0 Å². The first kappa shape index (κ1) is 17.5. The van der Waals surface area contributed by atoms with Crippen LogP contribution < -0.4 is 0 Å². The van der Waals surface area contributed by atoms with Gasteiger partial charge in [-0.15, -0.1) is 37.2 Å². The highest BCUT2D eigenvalue weighted by Crippen LogP contribution is 1.90. The van der Waals surface area contributed by atoms with E-state index in [1.807, 2.05) is 0 Å². The number of carbonyl (C=O) groups is 1. The third-order valence-electron chi connectivity index (χ3n) is 0.884. The molecule has 0 aliphatic rings. The largest absolute Gasteiger partial charge is 0.477 e. The van der Waals surface area contributed by atoms with Crippen LogP contribution in [0, 0.1) is 0 Å². The smallest absolute Gasteiger partial charge is 0.354 e. The molecule has 0 aliphatic carbocycles. The highest BCUT2D eigenvalue weighted by atomic mass is 35.5. The maximum absolute atomic E-state index is 10.1. The van der Waals surface area contributed by atoms with E-state index in [0.717, 1.165) is 0 Å². The van der Waals surface area contributed by atoms with Crippen molar-refractivity contribution in [3.63, 3.8) is 0 Å². The summed E-state index contributed by atoms with van der Waals surface area (Å²) in [5.41, 5.74) is 0.0810. The van der Waals surface area contributed by atoms with Gasteiger partial charge in [-0.25, -0.2) is 9.78 Å². The molecule has 12 heavy (non-hydrogen) atoms. The molecule has 3 nitrogen and oxygen atoms in total. The Kier molecular flexibility index (Phi) is 12.5. The molecule has 0 saturated carbocycles. The molecule has 0 saturated heterocycles. The topological polar surface area (TPSA) is 50.2 Å². The molecule has 1 N–H and O–H groups in total. The van der Waals surface area contributed by atoms with Crippen molar-refractivity contribution < 1.29 is 9.90 Å². The van der Waals surface area contributed by atoms with Crippen LogP contribution >= 0.6 is 37.2 Å². The summed E-state index contributed by atoms with van der Waals surface area (Å²) < 4.78 is 0. The summed E-state index contributed by atoms with van der Waals surface area (Å²) >= 11 is 0. The number of pyridine rings is 1. The molecule has 1 heterocycles. The standard InChI is InChI=1S/C6H5NO2.3ClH/c8-6(9)5-3-1-2-4-7-5;;;/h1-4H,(H,8,9);3*1H. The minimum atomic E-state index is -0.990. The monoisotopic (exact) mass is 231 g/mol. The number of nitrogens with zero attached hydrogens (tertiary/aromatic N) is 1. The maximum atomic E-state index is 10.1. The van der Waals surface area contributed by atoms with Crippen molar-refractivity contribution in [2.45, 2.75) is 0 Å². The Morgan fingerprint density at radius 1 is 1.25 bits per heavy atom. The molecule has 0 bridgehead atoms. The summed E-state index contributed by atoms with van der Waals surface area (Å²) in [7, 11) is 0. The average molecular weight is 232 g/mol. The lowest BCUT2D eigenvalue weighted by molar-refractivity contribution is 0.0690. The van der Waals surface area contributed by atoms with Gasteiger partial charge in [-0.2, -0.15) is 0 Å². The molecule has 0 aliphatic heterocycles. The number of carboxylic acids is 1. The van der Waals surface area contributed by atoms with Crippen molar-refractivity contribution in [2.75, 3.05) is 0 Å². The number of hydrogen-bond acceptors (Lipinski definition) is 2. The number of rotatable bonds is 1. The van der Waals surface area contributed by atoms with E-state index in [1.54, 1.807) is 12.1 Å². The molecule has 0 unspecified atom stereocenters. The first-order valence-electron chi connectivity index (χ1n) is 2.45. The molecule has 0 spiro atoms. The van der Waals surface area contributed by atoms with Gasteiger partial charge >= 0.3 is 5.97 Å². The molecule has 0 fully saturated rings. The lowest BCUT2D eigenvalue weighted by Gasteiger charge is -1.87. The molecular weight excluding hydrogens is 224 g/mol. The molecule has 1 aromatic heterocycles. The molecule has 6 heteroatoms. The van der Waals surface area contributed by atoms with Crippen LogP contribution in [0.4, 0.5) is 0 Å². The summed E-state index contributed by atoms with van der Waals surface area (Å²) in [6.07, 6.45) is 1.45. The van der Waals surface area contributed by atoms with Crippen molar-refractivity contribution in [1.82, 2.24) is 4.98 Å². The van der Waals surface area contributed by atoms with Crippen LogP contribution in [-0.2, 0) is 0 Å². The first-order valence-corrected chi connectivity index (χ1v) is 2.45. The van der Waals surface area contributed by atoms with E-state index in [2.05, 4.69) is 4.98 Å². The quantitative estimate of drug-likeness (QED) is 0.806. The SMILES string of the molecule is Cl.Cl.Cl.O=C(O)c1ccccn1. The van der Waals surface area contributed by atoms with Gasteiger partial charge in [-0.3, -0.25) is 0 Å². The highest BCUT2D eigenvalue weighted by molar-refractivity contribution is 5.86. The van der Waals surface area contributed by atoms with Gasteiger partial charge in [0.2, 0.25) is 0 Å². The fourth-order valence-electron chi connectivity index (χ4n) is 0.489. The Morgan fingerprint density at radius 3 is 2.08 bits per heavy atom. The normalized spacial score (nSPS) is 6.67. The second kappa shape index (κ2) is 8.59. The van der Waals surface area contributed by atoms with Crippen LogP contribution in [0.2, 0.25) is 0 Å². The van der Waals surface area contributed by atoms with E-state index in [9.17, 15) is 4.79 Å². The fourth-order valence-corrected chi connectivity index (χ4v) is 0.489. The van der Waals surface area contributed by atoms with Crippen LogP contribution in [-0.4, -0.2) is 16.1 Å². The molecule has 0 atom stereocenters. The van der Waals surface area contributed by atoms with Crippen molar-refractivity contribution in [2.24, 2.45) is 0 Å². The van der Waals surface area contributed by atoms with Gasteiger partial charge in [0.1, 0.15) is 5.69 Å². The van der Waals surface area contributed by atoms with Crippen molar-refractivity contribution in [1.29, 1.82) is 0 Å². The van der Waals surface area contributed by atoms with Gasteiger partial charge in [0, 0.05) is 6.20 Å². The van der Waals surface area contributed by atoms with Crippen LogP contribution in [0.15, 0.2) is 24.4 Å². The Morgan fingerprint density at radius 2 is 1.83 bits per heavy atom. The molecule has 0 aromatic carbocycles. The molecule has 0 amide bonds. The predicted octanol–water partition coefficient (Wildman–Crippen LogP) is 2.05. The van der Waals surface area contributed by atoms with Crippen LogP contribution in [0.3, 0.4) is 0 Å². The summed E-state index contributed by atoms with van der Waals surface area (Å²) in [4.78, 5) is 13.7. The average Bonchev–Trinajstić information content (AvgIpc) is 1.90. The van der Waals surface area contributed by atoms with Gasteiger partial charge in [0.25, 0.3) is 0 Å². The number of aromatic nitrogens is 1. The van der Waals surface area contributed by atoms with Crippen LogP contribution in [0.1, 0.15) is 10.5 Å². The van der Waals surface area contributed by atoms with E-state index < -0.39 is 5.97 Å². The van der Waals surface area contributed by atoms with E-state index >= 15 is 0 Å². The van der Waals surface area contributed by atoms with Gasteiger partial charge < -0.3 is 5.11 Å². The zero-order valence-corrected chi connectivity index (χ0v) is 8.29. The Hall–Kier alpha value is -0.510. The van der Waals surface area contributed by atoms with E-state index in [4.69, 9.17) is 5.11 Å². The van der Waals surface area contributed by atoms with E-state index in [0.29, 0.717) is 0 Å². The molecule has 1 aromatic rings. The Balaban J connectivity index is -0.000000270. The van der Waals surface area contributed by atoms with E-state index in [-0.39, 0.29) is 42.9 Å². The molecule has 1 rings (SSSR count). The van der Waals surface area contributed by atoms with Gasteiger partial charge in [-0.1, -0.05) is 6.07 Å². The summed E-state index contributed by atoms with van der Waals surface area (Å²) in [6.45, 7) is 0. The second-order valence-electron chi connectivity index (χ2n) is 1.52. The number of aromatic carboxylic acids is 1. The maximum Gasteiger partial charge on any atom is 0.354 e. The number of carboxylic acid groups (broad SMARTS) is 1. The Bertz CT molecular complexity index is 217. The second-order valence-corrected chi connectivity index (χ2v) is 1.52. The number of hydrogen-bond donors (Lipinski definition) is 1. The minimum absolute atomic E-state index is 0. The van der Waals surface area contributed by atoms with Gasteiger partial charge in [-0.05, 0) is 12.1 Å².